The first kappa shape index (κ1) is 10.1. The fraction of sp³-hybridized carbons (Fsp3) is 0.222. The summed E-state index contributed by atoms with van der Waals surface area (Å²) in [7, 11) is 0. The molecule has 13 heavy (non-hydrogen) atoms. The van der Waals surface area contributed by atoms with Crippen molar-refractivity contribution in [2.45, 2.75) is 11.8 Å². The molecule has 1 aromatic rings. The number of rotatable bonds is 3. The quantitative estimate of drug-likeness (QED) is 0.620. The predicted molar refractivity (Wildman–Crippen MR) is 55.3 cm³/mol. The molecule has 0 aromatic heterocycles. The fourth-order valence-electron chi connectivity index (χ4n) is 1.14. The van der Waals surface area contributed by atoms with Crippen molar-refractivity contribution in [1.82, 2.24) is 0 Å². The van der Waals surface area contributed by atoms with Crippen LogP contribution in [0, 0.1) is 0 Å². The van der Waals surface area contributed by atoms with E-state index in [1.165, 1.54) is 0 Å². The van der Waals surface area contributed by atoms with Crippen LogP contribution in [-0.2, 0) is 11.3 Å². The lowest BCUT2D eigenvalue weighted by molar-refractivity contribution is -0.117. The minimum Gasteiger partial charge on any atom is -0.368 e. The average Bonchev–Trinajstić information content (AvgIpc) is 2.16. The van der Waals surface area contributed by atoms with Gasteiger partial charge in [0, 0.05) is 6.54 Å². The first-order valence-corrected chi connectivity index (χ1v) is 4.43. The van der Waals surface area contributed by atoms with Gasteiger partial charge in [0.15, 0.2) is 0 Å². The number of primary amides is 1. The Morgan fingerprint density at radius 1 is 1.46 bits per heavy atom. The Hall–Kier alpha value is -1.00. The molecular formula is C9H12N2OS. The molecule has 70 valence electrons. The maximum absolute atomic E-state index is 10.9. The van der Waals surface area contributed by atoms with Gasteiger partial charge in [-0.3, -0.25) is 4.79 Å². The molecule has 0 heterocycles. The molecule has 1 aromatic carbocycles. The molecule has 0 spiro atoms. The largest absolute Gasteiger partial charge is 0.368 e. The van der Waals surface area contributed by atoms with Gasteiger partial charge in [0.25, 0.3) is 0 Å². The predicted octanol–water partition coefficient (Wildman–Crippen LogP) is 0.602. The number of carbonyl (C=O) groups excluding carboxylic acids is 1. The summed E-state index contributed by atoms with van der Waals surface area (Å²) < 4.78 is 0. The molecule has 0 radical (unpaired) electrons. The standard InChI is InChI=1S/C9H12N2OS/c10-5-6-3-1-2-4-7(6)8(13)9(11)12/h1-4,8,13H,5,10H2,(H2,11,12). The lowest BCUT2D eigenvalue weighted by Crippen LogP contribution is -2.18. The van der Waals surface area contributed by atoms with Crippen molar-refractivity contribution in [2.75, 3.05) is 0 Å². The van der Waals surface area contributed by atoms with Crippen molar-refractivity contribution in [2.24, 2.45) is 11.5 Å². The Kier molecular flexibility index (Phi) is 3.33. The monoisotopic (exact) mass is 196 g/mol. The van der Waals surface area contributed by atoms with E-state index in [1.807, 2.05) is 24.3 Å². The molecule has 1 rings (SSSR count). The second-order valence-corrected chi connectivity index (χ2v) is 3.22. The van der Waals surface area contributed by atoms with Crippen LogP contribution in [0.25, 0.3) is 0 Å². The second-order valence-electron chi connectivity index (χ2n) is 2.71. The van der Waals surface area contributed by atoms with Crippen molar-refractivity contribution in [1.29, 1.82) is 0 Å². The summed E-state index contributed by atoms with van der Waals surface area (Å²) in [6, 6.07) is 7.37. The molecule has 0 saturated heterocycles. The summed E-state index contributed by atoms with van der Waals surface area (Å²) in [5.41, 5.74) is 12.3. The van der Waals surface area contributed by atoms with Gasteiger partial charge in [-0.15, -0.1) is 0 Å². The van der Waals surface area contributed by atoms with Gasteiger partial charge in [-0.05, 0) is 11.1 Å². The normalized spacial score (nSPS) is 12.5. The molecule has 1 unspecified atom stereocenters. The first-order chi connectivity index (χ1) is 6.16. The van der Waals surface area contributed by atoms with Crippen LogP contribution in [0.5, 0.6) is 0 Å². The molecule has 3 nitrogen and oxygen atoms in total. The average molecular weight is 196 g/mol. The lowest BCUT2D eigenvalue weighted by atomic mass is 10.0. The Bertz CT molecular complexity index is 314. The Balaban J connectivity index is 3.05. The lowest BCUT2D eigenvalue weighted by Gasteiger charge is -2.11. The Labute approximate surface area is 82.5 Å². The van der Waals surface area contributed by atoms with Crippen molar-refractivity contribution >= 4 is 18.5 Å². The van der Waals surface area contributed by atoms with E-state index in [0.29, 0.717) is 6.54 Å². The Morgan fingerprint density at radius 2 is 2.08 bits per heavy atom. The highest BCUT2D eigenvalue weighted by atomic mass is 32.1. The SMILES string of the molecule is NCc1ccccc1C(S)C(N)=O. The zero-order chi connectivity index (χ0) is 9.84. The van der Waals surface area contributed by atoms with Gasteiger partial charge in [0.05, 0.1) is 0 Å². The molecule has 0 fully saturated rings. The van der Waals surface area contributed by atoms with E-state index in [1.54, 1.807) is 0 Å². The third-order valence-corrected chi connectivity index (χ3v) is 2.37. The van der Waals surface area contributed by atoms with Crippen LogP contribution in [0.2, 0.25) is 0 Å². The van der Waals surface area contributed by atoms with Crippen molar-refractivity contribution < 1.29 is 4.79 Å². The summed E-state index contributed by atoms with van der Waals surface area (Å²) in [6.45, 7) is 0.389. The van der Waals surface area contributed by atoms with E-state index >= 15 is 0 Å². The molecule has 1 amide bonds. The topological polar surface area (TPSA) is 69.1 Å². The fourth-order valence-corrected chi connectivity index (χ4v) is 1.39. The molecule has 0 saturated carbocycles. The minimum absolute atomic E-state index is 0.389. The highest BCUT2D eigenvalue weighted by Gasteiger charge is 2.14. The summed E-state index contributed by atoms with van der Waals surface area (Å²) >= 11 is 4.11. The van der Waals surface area contributed by atoms with E-state index in [-0.39, 0.29) is 0 Å². The molecule has 0 aliphatic carbocycles. The van der Waals surface area contributed by atoms with Gasteiger partial charge in [-0.1, -0.05) is 24.3 Å². The van der Waals surface area contributed by atoms with Crippen LogP contribution >= 0.6 is 12.6 Å². The van der Waals surface area contributed by atoms with Crippen molar-refractivity contribution in [3.63, 3.8) is 0 Å². The molecular weight excluding hydrogens is 184 g/mol. The summed E-state index contributed by atoms with van der Waals surface area (Å²) in [5, 5.41) is -0.570. The maximum atomic E-state index is 10.9. The molecule has 0 aliphatic rings. The van der Waals surface area contributed by atoms with E-state index in [2.05, 4.69) is 12.6 Å². The van der Waals surface area contributed by atoms with Crippen LogP contribution in [0.1, 0.15) is 16.4 Å². The van der Waals surface area contributed by atoms with Gasteiger partial charge in [-0.2, -0.15) is 12.6 Å². The molecule has 4 heteroatoms. The van der Waals surface area contributed by atoms with E-state index in [9.17, 15) is 4.79 Å². The van der Waals surface area contributed by atoms with E-state index < -0.39 is 11.2 Å². The second kappa shape index (κ2) is 4.30. The van der Waals surface area contributed by atoms with Crippen molar-refractivity contribution in [3.05, 3.63) is 35.4 Å². The molecule has 0 aliphatic heterocycles. The highest BCUT2D eigenvalue weighted by Crippen LogP contribution is 2.22. The molecule has 1 atom stereocenters. The number of amides is 1. The highest BCUT2D eigenvalue weighted by molar-refractivity contribution is 7.81. The Morgan fingerprint density at radius 3 is 2.62 bits per heavy atom. The molecule has 4 N–H and O–H groups in total. The van der Waals surface area contributed by atoms with Crippen LogP contribution in [0.4, 0.5) is 0 Å². The summed E-state index contributed by atoms with van der Waals surface area (Å²) in [4.78, 5) is 10.9. The summed E-state index contributed by atoms with van der Waals surface area (Å²) in [6.07, 6.45) is 0. The summed E-state index contributed by atoms with van der Waals surface area (Å²) in [5.74, 6) is -0.454. The maximum Gasteiger partial charge on any atom is 0.234 e. The third-order valence-electron chi connectivity index (χ3n) is 1.84. The number of nitrogens with two attached hydrogens (primary N) is 2. The van der Waals surface area contributed by atoms with Gasteiger partial charge in [0.1, 0.15) is 5.25 Å². The first-order valence-electron chi connectivity index (χ1n) is 3.92. The van der Waals surface area contributed by atoms with E-state index in [0.717, 1.165) is 11.1 Å². The number of thiol groups is 1. The minimum atomic E-state index is -0.570. The number of hydrogen-bond donors (Lipinski definition) is 3. The van der Waals surface area contributed by atoms with Crippen LogP contribution in [-0.4, -0.2) is 5.91 Å². The number of carbonyl (C=O) groups is 1. The smallest absolute Gasteiger partial charge is 0.234 e. The van der Waals surface area contributed by atoms with Gasteiger partial charge in [-0.25, -0.2) is 0 Å². The van der Waals surface area contributed by atoms with Gasteiger partial charge >= 0.3 is 0 Å². The zero-order valence-electron chi connectivity index (χ0n) is 7.10. The van der Waals surface area contributed by atoms with E-state index in [4.69, 9.17) is 11.5 Å². The van der Waals surface area contributed by atoms with Gasteiger partial charge in [0.2, 0.25) is 5.91 Å². The number of benzene rings is 1. The number of hydrogen-bond acceptors (Lipinski definition) is 3. The van der Waals surface area contributed by atoms with Crippen LogP contribution in [0.15, 0.2) is 24.3 Å². The van der Waals surface area contributed by atoms with Crippen LogP contribution < -0.4 is 11.5 Å². The molecule has 0 bridgehead atoms. The zero-order valence-corrected chi connectivity index (χ0v) is 8.00. The van der Waals surface area contributed by atoms with Crippen molar-refractivity contribution in [3.8, 4) is 0 Å². The van der Waals surface area contributed by atoms with Crippen LogP contribution in [0.3, 0.4) is 0 Å². The van der Waals surface area contributed by atoms with Gasteiger partial charge < -0.3 is 11.5 Å². The third kappa shape index (κ3) is 2.23.